The molecular formula is C20H21N3O4. The van der Waals surface area contributed by atoms with Gasteiger partial charge in [-0.2, -0.15) is 5.10 Å². The van der Waals surface area contributed by atoms with Gasteiger partial charge in [0.05, 0.1) is 27.0 Å². The standard InChI is InChI=1S/C20H21N3O4/c1-26-17-8-3-15(4-9-17)7-12-19(24)21-14-20(25)23-22-13-16-5-10-18(27-2)11-6-16/h3-13H,14H2,1-2H3,(H,21,24)(H,23,25)/b12-7+,22-13-. The zero-order valence-corrected chi connectivity index (χ0v) is 15.1. The summed E-state index contributed by atoms with van der Waals surface area (Å²) < 4.78 is 10.1. The molecule has 2 aromatic rings. The van der Waals surface area contributed by atoms with Crippen LogP contribution in [0.3, 0.4) is 0 Å². The van der Waals surface area contributed by atoms with Gasteiger partial charge in [0.2, 0.25) is 5.91 Å². The molecule has 27 heavy (non-hydrogen) atoms. The van der Waals surface area contributed by atoms with Gasteiger partial charge in [0.1, 0.15) is 11.5 Å². The maximum absolute atomic E-state index is 11.7. The minimum absolute atomic E-state index is 0.175. The molecule has 0 saturated carbocycles. The first-order valence-corrected chi connectivity index (χ1v) is 8.16. The number of rotatable bonds is 8. The lowest BCUT2D eigenvalue weighted by atomic mass is 10.2. The first-order valence-electron chi connectivity index (χ1n) is 8.16. The minimum atomic E-state index is -0.425. The van der Waals surface area contributed by atoms with E-state index in [9.17, 15) is 9.59 Å². The van der Waals surface area contributed by atoms with Gasteiger partial charge in [-0.3, -0.25) is 9.59 Å². The van der Waals surface area contributed by atoms with E-state index in [1.54, 1.807) is 56.7 Å². The van der Waals surface area contributed by atoms with E-state index in [0.29, 0.717) is 0 Å². The Balaban J connectivity index is 1.72. The van der Waals surface area contributed by atoms with Crippen LogP contribution in [0.2, 0.25) is 0 Å². The summed E-state index contributed by atoms with van der Waals surface area (Å²) in [4.78, 5) is 23.4. The molecule has 7 heteroatoms. The third-order valence-corrected chi connectivity index (χ3v) is 3.48. The van der Waals surface area contributed by atoms with Gasteiger partial charge in [-0.1, -0.05) is 12.1 Å². The van der Waals surface area contributed by atoms with Gasteiger partial charge in [-0.05, 0) is 53.6 Å². The Morgan fingerprint density at radius 3 is 2.04 bits per heavy atom. The highest BCUT2D eigenvalue weighted by atomic mass is 16.5. The lowest BCUT2D eigenvalue weighted by Gasteiger charge is -2.02. The number of nitrogens with zero attached hydrogens (tertiary/aromatic N) is 1. The van der Waals surface area contributed by atoms with Crippen LogP contribution >= 0.6 is 0 Å². The third-order valence-electron chi connectivity index (χ3n) is 3.48. The van der Waals surface area contributed by atoms with Gasteiger partial charge >= 0.3 is 0 Å². The molecule has 2 N–H and O–H groups in total. The van der Waals surface area contributed by atoms with Crippen molar-refractivity contribution in [1.82, 2.24) is 10.7 Å². The van der Waals surface area contributed by atoms with Crippen molar-refractivity contribution in [1.29, 1.82) is 0 Å². The van der Waals surface area contributed by atoms with Crippen LogP contribution in [0, 0.1) is 0 Å². The van der Waals surface area contributed by atoms with E-state index in [2.05, 4.69) is 15.8 Å². The van der Waals surface area contributed by atoms with Crippen molar-refractivity contribution in [3.8, 4) is 11.5 Å². The number of methoxy groups -OCH3 is 2. The van der Waals surface area contributed by atoms with Crippen molar-refractivity contribution in [2.24, 2.45) is 5.10 Å². The van der Waals surface area contributed by atoms with Gasteiger partial charge < -0.3 is 14.8 Å². The topological polar surface area (TPSA) is 89.0 Å². The van der Waals surface area contributed by atoms with Crippen molar-refractivity contribution in [3.63, 3.8) is 0 Å². The highest BCUT2D eigenvalue weighted by Crippen LogP contribution is 2.12. The number of nitrogens with one attached hydrogen (secondary N) is 2. The van der Waals surface area contributed by atoms with E-state index in [0.717, 1.165) is 22.6 Å². The summed E-state index contributed by atoms with van der Waals surface area (Å²) in [6.07, 6.45) is 4.51. The average Bonchev–Trinajstić information content (AvgIpc) is 2.71. The molecule has 2 amide bonds. The van der Waals surface area contributed by atoms with E-state index >= 15 is 0 Å². The zero-order chi connectivity index (χ0) is 19.5. The zero-order valence-electron chi connectivity index (χ0n) is 15.1. The summed E-state index contributed by atoms with van der Waals surface area (Å²) in [5.74, 6) is 0.677. The van der Waals surface area contributed by atoms with Crippen LogP contribution in [-0.4, -0.2) is 38.8 Å². The summed E-state index contributed by atoms with van der Waals surface area (Å²) in [5.41, 5.74) is 4.00. The molecule has 2 aromatic carbocycles. The largest absolute Gasteiger partial charge is 0.497 e. The van der Waals surface area contributed by atoms with E-state index in [1.807, 2.05) is 12.1 Å². The monoisotopic (exact) mass is 367 g/mol. The molecule has 0 saturated heterocycles. The second-order valence-electron chi connectivity index (χ2n) is 5.39. The number of hydrazone groups is 1. The SMILES string of the molecule is COc1ccc(/C=N\NC(=O)CNC(=O)/C=C/c2ccc(OC)cc2)cc1. The van der Waals surface area contributed by atoms with E-state index < -0.39 is 5.91 Å². The molecule has 0 spiro atoms. The minimum Gasteiger partial charge on any atom is -0.497 e. The number of hydrogen-bond donors (Lipinski definition) is 2. The molecule has 7 nitrogen and oxygen atoms in total. The van der Waals surface area contributed by atoms with Crippen molar-refractivity contribution >= 4 is 24.1 Å². The number of hydrogen-bond acceptors (Lipinski definition) is 5. The molecule has 0 aliphatic rings. The Bertz CT molecular complexity index is 812. The fourth-order valence-corrected chi connectivity index (χ4v) is 2.02. The van der Waals surface area contributed by atoms with Crippen molar-refractivity contribution in [2.75, 3.05) is 20.8 Å². The maximum atomic E-state index is 11.7. The van der Waals surface area contributed by atoms with Crippen LogP contribution in [-0.2, 0) is 9.59 Å². The Morgan fingerprint density at radius 1 is 0.926 bits per heavy atom. The van der Waals surface area contributed by atoms with Gasteiger partial charge in [0.25, 0.3) is 5.91 Å². The summed E-state index contributed by atoms with van der Waals surface area (Å²) >= 11 is 0. The lowest BCUT2D eigenvalue weighted by molar-refractivity contribution is -0.123. The van der Waals surface area contributed by atoms with Gasteiger partial charge in [0.15, 0.2) is 0 Å². The molecular weight excluding hydrogens is 346 g/mol. The fraction of sp³-hybridized carbons (Fsp3) is 0.150. The number of carbonyl (C=O) groups is 2. The molecule has 0 aliphatic carbocycles. The normalized spacial score (nSPS) is 10.7. The molecule has 0 aliphatic heterocycles. The van der Waals surface area contributed by atoms with Gasteiger partial charge in [-0.25, -0.2) is 5.43 Å². The lowest BCUT2D eigenvalue weighted by Crippen LogP contribution is -2.34. The van der Waals surface area contributed by atoms with Crippen LogP contribution in [0.4, 0.5) is 0 Å². The average molecular weight is 367 g/mol. The molecule has 0 bridgehead atoms. The summed E-state index contributed by atoms with van der Waals surface area (Å²) in [7, 11) is 3.17. The molecule has 0 aromatic heterocycles. The van der Waals surface area contributed by atoms with Crippen LogP contribution in [0.1, 0.15) is 11.1 Å². The van der Waals surface area contributed by atoms with Crippen LogP contribution in [0.5, 0.6) is 11.5 Å². The Labute approximate surface area is 157 Å². The fourth-order valence-electron chi connectivity index (χ4n) is 2.02. The summed E-state index contributed by atoms with van der Waals surface area (Å²) in [6, 6.07) is 14.4. The predicted molar refractivity (Wildman–Crippen MR) is 104 cm³/mol. The Hall–Kier alpha value is -3.61. The molecule has 0 heterocycles. The molecule has 2 rings (SSSR count). The van der Waals surface area contributed by atoms with E-state index in [4.69, 9.17) is 9.47 Å². The quantitative estimate of drug-likeness (QED) is 0.424. The number of ether oxygens (including phenoxy) is 2. The first kappa shape index (κ1) is 19.7. The van der Waals surface area contributed by atoms with E-state index in [1.165, 1.54) is 12.3 Å². The Morgan fingerprint density at radius 2 is 1.48 bits per heavy atom. The van der Waals surface area contributed by atoms with E-state index in [-0.39, 0.29) is 12.5 Å². The first-order chi connectivity index (χ1) is 13.1. The second-order valence-corrected chi connectivity index (χ2v) is 5.39. The smallest absolute Gasteiger partial charge is 0.259 e. The summed E-state index contributed by atoms with van der Waals surface area (Å²) in [5, 5.41) is 6.32. The highest BCUT2D eigenvalue weighted by Gasteiger charge is 2.01. The highest BCUT2D eigenvalue weighted by molar-refractivity contribution is 5.94. The van der Waals surface area contributed by atoms with Crippen molar-refractivity contribution < 1.29 is 19.1 Å². The van der Waals surface area contributed by atoms with Gasteiger partial charge in [0, 0.05) is 6.08 Å². The molecule has 0 atom stereocenters. The van der Waals surface area contributed by atoms with Gasteiger partial charge in [-0.15, -0.1) is 0 Å². The molecule has 140 valence electrons. The Kier molecular flexibility index (Phi) is 7.59. The predicted octanol–water partition coefficient (Wildman–Crippen LogP) is 1.98. The number of benzene rings is 2. The molecule has 0 radical (unpaired) electrons. The van der Waals surface area contributed by atoms with Crippen molar-refractivity contribution in [3.05, 3.63) is 65.7 Å². The van der Waals surface area contributed by atoms with Crippen molar-refractivity contribution in [2.45, 2.75) is 0 Å². The second kappa shape index (κ2) is 10.4. The summed E-state index contributed by atoms with van der Waals surface area (Å²) in [6.45, 7) is -0.175. The van der Waals surface area contributed by atoms with Crippen LogP contribution < -0.4 is 20.2 Å². The van der Waals surface area contributed by atoms with Crippen LogP contribution in [0.15, 0.2) is 59.7 Å². The maximum Gasteiger partial charge on any atom is 0.259 e. The van der Waals surface area contributed by atoms with Crippen LogP contribution in [0.25, 0.3) is 6.08 Å². The number of carbonyl (C=O) groups excluding carboxylic acids is 2. The number of amides is 2. The third kappa shape index (κ3) is 7.03. The molecule has 0 unspecified atom stereocenters. The molecule has 0 fully saturated rings.